The molecule has 2 aromatic heterocycles. The van der Waals surface area contributed by atoms with Crippen LogP contribution < -0.4 is 5.32 Å². The normalized spacial score (nSPS) is 10.8. The molecule has 3 rings (SSSR count). The van der Waals surface area contributed by atoms with Gasteiger partial charge in [0, 0.05) is 37.4 Å². The van der Waals surface area contributed by atoms with E-state index in [2.05, 4.69) is 15.3 Å². The van der Waals surface area contributed by atoms with E-state index in [0.717, 1.165) is 10.4 Å². The number of anilines is 1. The number of nitro groups is 1. The highest BCUT2D eigenvalue weighted by molar-refractivity contribution is 7.15. The topological polar surface area (TPSA) is 103 Å². The lowest BCUT2D eigenvalue weighted by Gasteiger charge is -2.03. The predicted octanol–water partition coefficient (Wildman–Crippen LogP) is 3.62. The van der Waals surface area contributed by atoms with Crippen LogP contribution in [0.25, 0.3) is 0 Å². The maximum Gasteiger partial charge on any atom is 0.381 e. The zero-order valence-electron chi connectivity index (χ0n) is 15.3. The Morgan fingerprint density at radius 1 is 1.39 bits per heavy atom. The third-order valence-corrected chi connectivity index (χ3v) is 5.06. The number of aryl methyl sites for hydroxylation is 3. The summed E-state index contributed by atoms with van der Waals surface area (Å²) >= 11 is 1.32. The molecule has 0 saturated heterocycles. The van der Waals surface area contributed by atoms with Crippen LogP contribution in [0.5, 0.6) is 0 Å². The second kappa shape index (κ2) is 8.26. The summed E-state index contributed by atoms with van der Waals surface area (Å²) in [4.78, 5) is 31.2. The maximum absolute atomic E-state index is 13.6. The van der Waals surface area contributed by atoms with Gasteiger partial charge in [0.15, 0.2) is 5.13 Å². The standard InChI is InChI=1S/C18H18FN5O3S/c1-11-3-4-13(8-15(11)19)7-14-9-20-18(28-14)22-17(25)5-6-23-10-16(24(26)27)21-12(23)2/h3-4,8-10H,5-7H2,1-2H3,(H,20,22,25). The lowest BCUT2D eigenvalue weighted by molar-refractivity contribution is -0.389. The van der Waals surface area contributed by atoms with Crippen LogP contribution in [-0.4, -0.2) is 25.4 Å². The van der Waals surface area contributed by atoms with Crippen LogP contribution in [0.2, 0.25) is 0 Å². The minimum atomic E-state index is -0.569. The molecular formula is C18H18FN5O3S. The zero-order chi connectivity index (χ0) is 20.3. The van der Waals surface area contributed by atoms with Gasteiger partial charge < -0.3 is 20.0 Å². The van der Waals surface area contributed by atoms with Crippen molar-refractivity contribution in [2.24, 2.45) is 0 Å². The Bertz CT molecular complexity index is 1030. The molecule has 0 aliphatic carbocycles. The molecule has 3 aromatic rings. The minimum absolute atomic E-state index is 0.131. The second-order valence-electron chi connectivity index (χ2n) is 6.29. The molecule has 0 saturated carbocycles. The highest BCUT2D eigenvalue weighted by Crippen LogP contribution is 2.22. The Morgan fingerprint density at radius 2 is 2.18 bits per heavy atom. The molecule has 1 amide bonds. The Hall–Kier alpha value is -3.14. The Kier molecular flexibility index (Phi) is 5.78. The van der Waals surface area contributed by atoms with Crippen LogP contribution in [0.3, 0.4) is 0 Å². The number of aromatic nitrogens is 3. The van der Waals surface area contributed by atoms with Crippen LogP contribution in [-0.2, 0) is 17.8 Å². The highest BCUT2D eigenvalue weighted by Gasteiger charge is 2.16. The first kappa shape index (κ1) is 19.6. The minimum Gasteiger partial charge on any atom is -0.358 e. The van der Waals surface area contributed by atoms with Crippen LogP contribution in [0.4, 0.5) is 15.3 Å². The SMILES string of the molecule is Cc1ccc(Cc2cnc(NC(=O)CCn3cc([N+](=O)[O-])nc3C)s2)cc1F. The average Bonchev–Trinajstić information content (AvgIpc) is 3.23. The number of thiazole rings is 1. The van der Waals surface area contributed by atoms with E-state index in [1.807, 2.05) is 6.07 Å². The number of nitrogens with zero attached hydrogens (tertiary/aromatic N) is 4. The third kappa shape index (κ3) is 4.77. The van der Waals surface area contributed by atoms with Crippen molar-refractivity contribution >= 4 is 28.2 Å². The fourth-order valence-corrected chi connectivity index (χ4v) is 3.47. The smallest absolute Gasteiger partial charge is 0.358 e. The third-order valence-electron chi connectivity index (χ3n) is 4.14. The average molecular weight is 403 g/mol. The molecule has 0 unspecified atom stereocenters. The summed E-state index contributed by atoms with van der Waals surface area (Å²) in [7, 11) is 0. The molecule has 8 nitrogen and oxygen atoms in total. The first-order valence-electron chi connectivity index (χ1n) is 8.49. The number of hydrogen-bond donors (Lipinski definition) is 1. The second-order valence-corrected chi connectivity index (χ2v) is 7.40. The van der Waals surface area contributed by atoms with Gasteiger partial charge in [-0.05, 0) is 34.0 Å². The number of hydrogen-bond acceptors (Lipinski definition) is 6. The van der Waals surface area contributed by atoms with Crippen LogP contribution in [0.15, 0.2) is 30.6 Å². The van der Waals surface area contributed by atoms with Crippen molar-refractivity contribution in [1.82, 2.24) is 14.5 Å². The lowest BCUT2D eigenvalue weighted by atomic mass is 10.1. The number of benzene rings is 1. The van der Waals surface area contributed by atoms with E-state index in [1.54, 1.807) is 30.7 Å². The van der Waals surface area contributed by atoms with Crippen molar-refractivity contribution in [1.29, 1.82) is 0 Å². The number of rotatable bonds is 7. The summed E-state index contributed by atoms with van der Waals surface area (Å²) in [5, 5.41) is 13.9. The predicted molar refractivity (Wildman–Crippen MR) is 103 cm³/mol. The quantitative estimate of drug-likeness (QED) is 0.479. The molecule has 0 radical (unpaired) electrons. The van der Waals surface area contributed by atoms with Crippen molar-refractivity contribution in [3.05, 3.63) is 68.4 Å². The summed E-state index contributed by atoms with van der Waals surface area (Å²) in [6, 6.07) is 5.10. The molecule has 1 aromatic carbocycles. The molecule has 0 bridgehead atoms. The molecule has 2 heterocycles. The Balaban J connectivity index is 1.55. The van der Waals surface area contributed by atoms with E-state index in [9.17, 15) is 19.3 Å². The van der Waals surface area contributed by atoms with Crippen molar-refractivity contribution in [2.75, 3.05) is 5.32 Å². The maximum atomic E-state index is 13.6. The van der Waals surface area contributed by atoms with Crippen LogP contribution in [0, 0.1) is 29.8 Å². The largest absolute Gasteiger partial charge is 0.381 e. The zero-order valence-corrected chi connectivity index (χ0v) is 16.1. The van der Waals surface area contributed by atoms with Crippen molar-refractivity contribution < 1.29 is 14.1 Å². The number of amides is 1. The molecule has 10 heteroatoms. The van der Waals surface area contributed by atoms with E-state index >= 15 is 0 Å². The molecule has 0 atom stereocenters. The number of carbonyl (C=O) groups excluding carboxylic acids is 1. The van der Waals surface area contributed by atoms with Crippen molar-refractivity contribution in [3.8, 4) is 0 Å². The Morgan fingerprint density at radius 3 is 2.86 bits per heavy atom. The van der Waals surface area contributed by atoms with Gasteiger partial charge in [0.05, 0.1) is 0 Å². The van der Waals surface area contributed by atoms with Crippen molar-refractivity contribution in [3.63, 3.8) is 0 Å². The van der Waals surface area contributed by atoms with Gasteiger partial charge in [0.1, 0.15) is 12.0 Å². The number of imidazole rings is 1. The van der Waals surface area contributed by atoms with Crippen LogP contribution >= 0.6 is 11.3 Å². The monoisotopic (exact) mass is 403 g/mol. The van der Waals surface area contributed by atoms with Gasteiger partial charge in [-0.3, -0.25) is 4.79 Å². The van der Waals surface area contributed by atoms with E-state index in [4.69, 9.17) is 0 Å². The summed E-state index contributed by atoms with van der Waals surface area (Å²) in [6.45, 7) is 3.63. The molecule has 146 valence electrons. The fourth-order valence-electron chi connectivity index (χ4n) is 2.60. The fraction of sp³-hybridized carbons (Fsp3) is 0.278. The molecular weight excluding hydrogens is 385 g/mol. The lowest BCUT2D eigenvalue weighted by Crippen LogP contribution is -2.14. The van der Waals surface area contributed by atoms with E-state index in [1.165, 1.54) is 23.6 Å². The summed E-state index contributed by atoms with van der Waals surface area (Å²) in [5.74, 6) is -0.264. The molecule has 0 aliphatic heterocycles. The van der Waals surface area contributed by atoms with Crippen LogP contribution in [0.1, 0.15) is 28.2 Å². The highest BCUT2D eigenvalue weighted by atomic mass is 32.1. The van der Waals surface area contributed by atoms with E-state index < -0.39 is 4.92 Å². The van der Waals surface area contributed by atoms with E-state index in [-0.39, 0.29) is 30.5 Å². The molecule has 1 N–H and O–H groups in total. The van der Waals surface area contributed by atoms with Gasteiger partial charge >= 0.3 is 5.82 Å². The summed E-state index contributed by atoms with van der Waals surface area (Å²) in [5.41, 5.74) is 1.43. The molecule has 0 aliphatic rings. The summed E-state index contributed by atoms with van der Waals surface area (Å²) < 4.78 is 15.2. The summed E-state index contributed by atoms with van der Waals surface area (Å²) in [6.07, 6.45) is 3.63. The number of carbonyl (C=O) groups is 1. The van der Waals surface area contributed by atoms with Gasteiger partial charge in [0.2, 0.25) is 11.7 Å². The van der Waals surface area contributed by atoms with Gasteiger partial charge in [-0.1, -0.05) is 12.1 Å². The number of halogens is 1. The van der Waals surface area contributed by atoms with Gasteiger partial charge in [0.25, 0.3) is 0 Å². The first-order valence-corrected chi connectivity index (χ1v) is 9.31. The van der Waals surface area contributed by atoms with Gasteiger partial charge in [-0.15, -0.1) is 11.3 Å². The van der Waals surface area contributed by atoms with Gasteiger partial charge in [-0.25, -0.2) is 9.37 Å². The molecule has 0 spiro atoms. The molecule has 0 fully saturated rings. The first-order chi connectivity index (χ1) is 13.3. The van der Waals surface area contributed by atoms with Gasteiger partial charge in [-0.2, -0.15) is 0 Å². The Labute approximate surface area is 164 Å². The molecule has 28 heavy (non-hydrogen) atoms. The van der Waals surface area contributed by atoms with E-state index in [0.29, 0.717) is 22.9 Å². The van der Waals surface area contributed by atoms with Crippen molar-refractivity contribution in [2.45, 2.75) is 33.2 Å². The number of nitrogens with one attached hydrogen (secondary N) is 1.